The summed E-state index contributed by atoms with van der Waals surface area (Å²) < 4.78 is 3.00. The lowest BCUT2D eigenvalue weighted by molar-refractivity contribution is 0.729. The van der Waals surface area contributed by atoms with Crippen LogP contribution in [0.5, 0.6) is 0 Å². The summed E-state index contributed by atoms with van der Waals surface area (Å²) in [5, 5.41) is 4.39. The first kappa shape index (κ1) is 13.5. The number of halogens is 1. The van der Waals surface area contributed by atoms with Gasteiger partial charge < -0.3 is 5.73 Å². The number of nitrogens with two attached hydrogens (primary N) is 1. The number of hydrogen-bond acceptors (Lipinski definition) is 3. The van der Waals surface area contributed by atoms with Crippen LogP contribution in [0.4, 0.5) is 0 Å². The van der Waals surface area contributed by atoms with Crippen LogP contribution < -0.4 is 5.73 Å². The minimum Gasteiger partial charge on any atom is -0.324 e. The summed E-state index contributed by atoms with van der Waals surface area (Å²) in [6, 6.07) is 14.2. The quantitative estimate of drug-likeness (QED) is 0.776. The molecule has 0 spiro atoms. The normalized spacial score (nSPS) is 12.5. The Kier molecular flexibility index (Phi) is 4.00. The highest BCUT2D eigenvalue weighted by atomic mass is 79.9. The van der Waals surface area contributed by atoms with Crippen LogP contribution in [0.3, 0.4) is 0 Å². The summed E-state index contributed by atoms with van der Waals surface area (Å²) in [6.07, 6.45) is 4.68. The molecule has 0 aliphatic heterocycles. The van der Waals surface area contributed by atoms with Crippen molar-refractivity contribution < 1.29 is 0 Å². The molecule has 3 aromatic rings. The van der Waals surface area contributed by atoms with Crippen molar-refractivity contribution in [3.8, 4) is 5.69 Å². The molecule has 0 aliphatic rings. The van der Waals surface area contributed by atoms with Crippen molar-refractivity contribution in [3.05, 3.63) is 69.1 Å². The number of aromatic nitrogens is 2. The van der Waals surface area contributed by atoms with Crippen molar-refractivity contribution in [2.45, 2.75) is 12.5 Å². The van der Waals surface area contributed by atoms with Crippen molar-refractivity contribution >= 4 is 27.3 Å². The van der Waals surface area contributed by atoms with E-state index in [1.807, 2.05) is 47.4 Å². The molecular formula is C15H14BrN3S. The fourth-order valence-electron chi connectivity index (χ4n) is 2.05. The maximum Gasteiger partial charge on any atom is 0.0701 e. The molecule has 3 rings (SSSR count). The second-order valence-corrected chi connectivity index (χ2v) is 7.12. The molecule has 1 atom stereocenters. The molecule has 5 heteroatoms. The Labute approximate surface area is 130 Å². The van der Waals surface area contributed by atoms with E-state index in [1.165, 1.54) is 4.88 Å². The lowest BCUT2D eigenvalue weighted by Crippen LogP contribution is -2.11. The first-order chi connectivity index (χ1) is 9.72. The summed E-state index contributed by atoms with van der Waals surface area (Å²) in [5.74, 6) is 0. The van der Waals surface area contributed by atoms with Crippen molar-refractivity contribution in [2.75, 3.05) is 0 Å². The Hall–Kier alpha value is -1.43. The van der Waals surface area contributed by atoms with Crippen LogP contribution in [-0.4, -0.2) is 9.78 Å². The third kappa shape index (κ3) is 3.00. The molecule has 1 aromatic carbocycles. The molecule has 0 radical (unpaired) electrons. The average Bonchev–Trinajstić information content (AvgIpc) is 3.09. The zero-order chi connectivity index (χ0) is 13.9. The van der Waals surface area contributed by atoms with E-state index in [0.29, 0.717) is 0 Å². The summed E-state index contributed by atoms with van der Waals surface area (Å²) >= 11 is 5.20. The summed E-state index contributed by atoms with van der Waals surface area (Å²) in [5.41, 5.74) is 8.37. The smallest absolute Gasteiger partial charge is 0.0701 e. The molecule has 102 valence electrons. The predicted octanol–water partition coefficient (Wildman–Crippen LogP) is 3.94. The van der Waals surface area contributed by atoms with Gasteiger partial charge in [0.25, 0.3) is 0 Å². The van der Waals surface area contributed by atoms with Crippen LogP contribution in [0.15, 0.2) is 58.6 Å². The van der Waals surface area contributed by atoms with Crippen molar-refractivity contribution in [3.63, 3.8) is 0 Å². The first-order valence-corrected chi connectivity index (χ1v) is 7.93. The summed E-state index contributed by atoms with van der Waals surface area (Å²) in [4.78, 5) is 1.27. The van der Waals surface area contributed by atoms with Gasteiger partial charge in [0.2, 0.25) is 0 Å². The molecule has 3 nitrogen and oxygen atoms in total. The zero-order valence-corrected chi connectivity index (χ0v) is 13.1. The maximum absolute atomic E-state index is 6.27. The van der Waals surface area contributed by atoms with Gasteiger partial charge in [0.05, 0.1) is 15.7 Å². The molecule has 0 aliphatic carbocycles. The van der Waals surface area contributed by atoms with E-state index in [2.05, 4.69) is 33.2 Å². The lowest BCUT2D eigenvalue weighted by atomic mass is 10.1. The van der Waals surface area contributed by atoms with Gasteiger partial charge in [0.1, 0.15) is 0 Å². The van der Waals surface area contributed by atoms with Crippen LogP contribution in [0.2, 0.25) is 0 Å². The standard InChI is InChI=1S/C15H14BrN3S/c16-15-7-6-13(20-15)8-14(17)11-9-18-19(10-11)12-4-2-1-3-5-12/h1-7,9-10,14H,8,17H2. The summed E-state index contributed by atoms with van der Waals surface area (Å²) in [6.45, 7) is 0. The van der Waals surface area contributed by atoms with Crippen molar-refractivity contribution in [1.82, 2.24) is 9.78 Å². The Morgan fingerprint density at radius 3 is 2.70 bits per heavy atom. The van der Waals surface area contributed by atoms with E-state index in [-0.39, 0.29) is 6.04 Å². The molecule has 20 heavy (non-hydrogen) atoms. The lowest BCUT2D eigenvalue weighted by Gasteiger charge is -2.07. The molecule has 1 unspecified atom stereocenters. The maximum atomic E-state index is 6.27. The topological polar surface area (TPSA) is 43.8 Å². The highest BCUT2D eigenvalue weighted by Gasteiger charge is 2.11. The van der Waals surface area contributed by atoms with Crippen LogP contribution >= 0.6 is 27.3 Å². The third-order valence-electron chi connectivity index (χ3n) is 3.10. The van der Waals surface area contributed by atoms with Crippen LogP contribution in [0.25, 0.3) is 5.69 Å². The van der Waals surface area contributed by atoms with Gasteiger partial charge in [0.15, 0.2) is 0 Å². The molecule has 0 fully saturated rings. The van der Waals surface area contributed by atoms with Gasteiger partial charge in [-0.3, -0.25) is 0 Å². The third-order valence-corrected chi connectivity index (χ3v) is 4.75. The monoisotopic (exact) mass is 347 g/mol. The van der Waals surface area contributed by atoms with Gasteiger partial charge in [-0.05, 0) is 40.2 Å². The van der Waals surface area contributed by atoms with E-state index in [1.54, 1.807) is 11.3 Å². The number of hydrogen-bond donors (Lipinski definition) is 1. The van der Waals surface area contributed by atoms with Crippen LogP contribution in [-0.2, 0) is 6.42 Å². The van der Waals surface area contributed by atoms with Crippen LogP contribution in [0.1, 0.15) is 16.5 Å². The highest BCUT2D eigenvalue weighted by molar-refractivity contribution is 9.11. The molecule has 2 N–H and O–H groups in total. The number of para-hydroxylation sites is 1. The fourth-order valence-corrected chi connectivity index (χ4v) is 3.59. The highest BCUT2D eigenvalue weighted by Crippen LogP contribution is 2.26. The van der Waals surface area contributed by atoms with Gasteiger partial charge in [-0.2, -0.15) is 5.10 Å². The van der Waals surface area contributed by atoms with E-state index >= 15 is 0 Å². The van der Waals surface area contributed by atoms with E-state index in [9.17, 15) is 0 Å². The fraction of sp³-hybridized carbons (Fsp3) is 0.133. The molecule has 2 heterocycles. The molecule has 0 saturated heterocycles. The Bertz CT molecular complexity index is 690. The number of benzene rings is 1. The number of thiophene rings is 1. The Morgan fingerprint density at radius 2 is 2.00 bits per heavy atom. The van der Waals surface area contributed by atoms with E-state index in [4.69, 9.17) is 5.73 Å². The minimum atomic E-state index is -0.0296. The Morgan fingerprint density at radius 1 is 1.20 bits per heavy atom. The van der Waals surface area contributed by atoms with Crippen molar-refractivity contribution in [2.24, 2.45) is 5.73 Å². The second-order valence-electron chi connectivity index (χ2n) is 4.57. The van der Waals surface area contributed by atoms with E-state index < -0.39 is 0 Å². The van der Waals surface area contributed by atoms with Gasteiger partial charge in [0, 0.05) is 29.1 Å². The van der Waals surface area contributed by atoms with Crippen LogP contribution in [0, 0.1) is 0 Å². The molecule has 0 saturated carbocycles. The molecule has 0 amide bonds. The summed E-state index contributed by atoms with van der Waals surface area (Å²) in [7, 11) is 0. The van der Waals surface area contributed by atoms with Gasteiger partial charge in [-0.15, -0.1) is 11.3 Å². The Balaban J connectivity index is 1.76. The number of nitrogens with zero attached hydrogens (tertiary/aromatic N) is 2. The van der Waals surface area contributed by atoms with Crippen molar-refractivity contribution in [1.29, 1.82) is 0 Å². The molecular weight excluding hydrogens is 334 g/mol. The SMILES string of the molecule is NC(Cc1ccc(Br)s1)c1cnn(-c2ccccc2)c1. The van der Waals surface area contributed by atoms with Gasteiger partial charge in [-0.25, -0.2) is 4.68 Å². The largest absolute Gasteiger partial charge is 0.324 e. The minimum absolute atomic E-state index is 0.0296. The van der Waals surface area contributed by atoms with Gasteiger partial charge in [-0.1, -0.05) is 18.2 Å². The molecule has 2 aromatic heterocycles. The first-order valence-electron chi connectivity index (χ1n) is 6.32. The second kappa shape index (κ2) is 5.91. The zero-order valence-electron chi connectivity index (χ0n) is 10.7. The predicted molar refractivity (Wildman–Crippen MR) is 86.2 cm³/mol. The van der Waals surface area contributed by atoms with E-state index in [0.717, 1.165) is 21.5 Å². The average molecular weight is 348 g/mol. The van der Waals surface area contributed by atoms with Gasteiger partial charge >= 0.3 is 0 Å². The molecule has 0 bridgehead atoms. The number of rotatable bonds is 4.